The fourth-order valence-corrected chi connectivity index (χ4v) is 4.10. The highest BCUT2D eigenvalue weighted by Crippen LogP contribution is 2.47. The van der Waals surface area contributed by atoms with Gasteiger partial charge in [-0.2, -0.15) is 13.2 Å². The molecule has 1 N–H and O–H groups in total. The van der Waals surface area contributed by atoms with Crippen molar-refractivity contribution in [1.82, 2.24) is 10.2 Å². The number of nitrogens with one attached hydrogen (secondary N) is 1. The van der Waals surface area contributed by atoms with Crippen LogP contribution in [0.15, 0.2) is 16.5 Å². The summed E-state index contributed by atoms with van der Waals surface area (Å²) in [5.74, 6) is -0.141. The van der Waals surface area contributed by atoms with E-state index in [1.54, 1.807) is 18.0 Å². The smallest absolute Gasteiger partial charge is 0.420 e. The maximum absolute atomic E-state index is 13.7. The Morgan fingerprint density at radius 2 is 2.00 bits per heavy atom. The molecule has 1 atom stereocenters. The zero-order valence-corrected chi connectivity index (χ0v) is 19.1. The zero-order chi connectivity index (χ0) is 23.6. The molecule has 176 valence electrons. The number of rotatable bonds is 10. The maximum atomic E-state index is 13.7. The van der Waals surface area contributed by atoms with Crippen LogP contribution in [0, 0.1) is 5.92 Å². The summed E-state index contributed by atoms with van der Waals surface area (Å²) in [6, 6.07) is 2.85. The highest BCUT2D eigenvalue weighted by molar-refractivity contribution is 6.36. The summed E-state index contributed by atoms with van der Waals surface area (Å²) >= 11 is 6.46. The number of alkyl halides is 3. The van der Waals surface area contributed by atoms with Crippen LogP contribution in [0.1, 0.15) is 62.3 Å². The van der Waals surface area contributed by atoms with Crippen molar-refractivity contribution in [2.45, 2.75) is 64.1 Å². The van der Waals surface area contributed by atoms with Gasteiger partial charge >= 0.3 is 6.18 Å². The third-order valence-corrected chi connectivity index (χ3v) is 6.50. The molecule has 0 bridgehead atoms. The Morgan fingerprint density at radius 3 is 2.56 bits per heavy atom. The number of amides is 2. The Hall–Kier alpha value is -2.22. The second-order valence-electron chi connectivity index (χ2n) is 8.70. The number of nitrogens with zero attached hydrogens (tertiary/aromatic N) is 1. The van der Waals surface area contributed by atoms with Gasteiger partial charge in [0.25, 0.3) is 0 Å². The minimum Gasteiger partial charge on any atom is -0.459 e. The molecule has 1 aliphatic rings. The van der Waals surface area contributed by atoms with E-state index in [1.165, 1.54) is 6.07 Å². The van der Waals surface area contributed by atoms with Gasteiger partial charge in [0.05, 0.1) is 10.6 Å². The van der Waals surface area contributed by atoms with E-state index in [2.05, 4.69) is 5.32 Å². The van der Waals surface area contributed by atoms with Crippen LogP contribution in [0.2, 0.25) is 5.02 Å². The van der Waals surface area contributed by atoms with E-state index in [0.717, 1.165) is 12.8 Å². The van der Waals surface area contributed by atoms with Crippen LogP contribution >= 0.6 is 11.6 Å². The SMILES string of the molecule is CC(C)N(C)C(=O)C(CCNC=O)CCc1oc2c(C(F)(F)F)cc(C3CC3)cc2c1Cl. The fourth-order valence-electron chi connectivity index (χ4n) is 3.82. The number of hydrogen-bond acceptors (Lipinski definition) is 3. The lowest BCUT2D eigenvalue weighted by molar-refractivity contribution is -0.137. The van der Waals surface area contributed by atoms with Crippen LogP contribution in [-0.4, -0.2) is 36.9 Å². The second kappa shape index (κ2) is 9.73. The minimum absolute atomic E-state index is 0.00555. The summed E-state index contributed by atoms with van der Waals surface area (Å²) < 4.78 is 46.7. The summed E-state index contributed by atoms with van der Waals surface area (Å²) in [5, 5.41) is 2.99. The Labute approximate surface area is 190 Å². The van der Waals surface area contributed by atoms with Crippen LogP contribution in [0.25, 0.3) is 11.0 Å². The third-order valence-electron chi connectivity index (χ3n) is 6.08. The molecular weight excluding hydrogens is 445 g/mol. The topological polar surface area (TPSA) is 62.6 Å². The molecule has 1 aromatic heterocycles. The van der Waals surface area contributed by atoms with Gasteiger partial charge in [-0.1, -0.05) is 11.6 Å². The molecule has 2 amide bonds. The van der Waals surface area contributed by atoms with Gasteiger partial charge in [-0.15, -0.1) is 0 Å². The van der Waals surface area contributed by atoms with Crippen LogP contribution in [0.4, 0.5) is 13.2 Å². The Balaban J connectivity index is 1.88. The number of furan rings is 1. The molecule has 1 fully saturated rings. The standard InChI is InChI=1S/C23H28ClF3N2O3/c1-13(2)29(3)22(31)15(8-9-28-12-30)6-7-19-20(24)17-10-16(14-4-5-14)11-18(21(17)32-19)23(25,26)27/h10-15H,4-9H2,1-3H3,(H,28,30). The van der Waals surface area contributed by atoms with Crippen molar-refractivity contribution < 1.29 is 27.2 Å². The summed E-state index contributed by atoms with van der Waals surface area (Å²) in [4.78, 5) is 25.1. The molecule has 1 aliphatic carbocycles. The van der Waals surface area contributed by atoms with Gasteiger partial charge in [-0.25, -0.2) is 0 Å². The molecule has 1 aromatic carbocycles. The second-order valence-corrected chi connectivity index (χ2v) is 9.07. The molecule has 0 saturated heterocycles. The number of carbonyl (C=O) groups excluding carboxylic acids is 2. The third kappa shape index (κ3) is 5.39. The van der Waals surface area contributed by atoms with E-state index in [-0.39, 0.29) is 46.0 Å². The van der Waals surface area contributed by atoms with Gasteiger partial charge in [0.1, 0.15) is 11.3 Å². The van der Waals surface area contributed by atoms with E-state index in [0.29, 0.717) is 31.4 Å². The van der Waals surface area contributed by atoms with Crippen LogP contribution in [0.3, 0.4) is 0 Å². The molecule has 9 heteroatoms. The first-order valence-corrected chi connectivity index (χ1v) is 11.2. The number of carbonyl (C=O) groups is 2. The van der Waals surface area contributed by atoms with Gasteiger partial charge in [-0.3, -0.25) is 9.59 Å². The van der Waals surface area contributed by atoms with Crippen molar-refractivity contribution in [2.24, 2.45) is 5.92 Å². The first-order valence-electron chi connectivity index (χ1n) is 10.8. The van der Waals surface area contributed by atoms with Gasteiger partial charge in [0.2, 0.25) is 12.3 Å². The number of aryl methyl sites for hydroxylation is 1. The molecular formula is C23H28ClF3N2O3. The summed E-state index contributed by atoms with van der Waals surface area (Å²) in [6.07, 6.45) is -1.29. The van der Waals surface area contributed by atoms with E-state index in [4.69, 9.17) is 16.0 Å². The molecule has 1 saturated carbocycles. The quantitative estimate of drug-likeness (QED) is 0.365. The van der Waals surface area contributed by atoms with Gasteiger partial charge in [0, 0.05) is 37.4 Å². The highest BCUT2D eigenvalue weighted by Gasteiger charge is 2.37. The van der Waals surface area contributed by atoms with Gasteiger partial charge in [-0.05, 0) is 63.1 Å². The van der Waals surface area contributed by atoms with Crippen LogP contribution < -0.4 is 5.32 Å². The van der Waals surface area contributed by atoms with Crippen molar-refractivity contribution in [3.8, 4) is 0 Å². The Bertz CT molecular complexity index is 983. The van der Waals surface area contributed by atoms with E-state index >= 15 is 0 Å². The van der Waals surface area contributed by atoms with Gasteiger partial charge in [0.15, 0.2) is 0 Å². The first kappa shape index (κ1) is 24.4. The number of fused-ring (bicyclic) bond motifs is 1. The molecule has 0 radical (unpaired) electrons. The fraction of sp³-hybridized carbons (Fsp3) is 0.565. The molecule has 0 spiro atoms. The zero-order valence-electron chi connectivity index (χ0n) is 18.4. The molecule has 2 aromatic rings. The summed E-state index contributed by atoms with van der Waals surface area (Å²) in [5.41, 5.74) is -0.440. The van der Waals surface area contributed by atoms with Gasteiger partial charge < -0.3 is 14.6 Å². The number of benzene rings is 1. The Morgan fingerprint density at radius 1 is 1.31 bits per heavy atom. The predicted octanol–water partition coefficient (Wildman–Crippen LogP) is 5.53. The minimum atomic E-state index is -4.55. The van der Waals surface area contributed by atoms with Crippen LogP contribution in [-0.2, 0) is 22.2 Å². The largest absolute Gasteiger partial charge is 0.459 e. The molecule has 5 nitrogen and oxygen atoms in total. The highest BCUT2D eigenvalue weighted by atomic mass is 35.5. The normalized spacial score (nSPS) is 15.2. The number of hydrogen-bond donors (Lipinski definition) is 1. The van der Waals surface area contributed by atoms with Crippen molar-refractivity contribution in [3.05, 3.63) is 34.0 Å². The van der Waals surface area contributed by atoms with E-state index in [9.17, 15) is 22.8 Å². The summed E-state index contributed by atoms with van der Waals surface area (Å²) in [6.45, 7) is 4.11. The lowest BCUT2D eigenvalue weighted by Crippen LogP contribution is -2.38. The van der Waals surface area contributed by atoms with Crippen molar-refractivity contribution >= 4 is 34.9 Å². The molecule has 0 aliphatic heterocycles. The van der Waals surface area contributed by atoms with Crippen molar-refractivity contribution in [1.29, 1.82) is 0 Å². The van der Waals surface area contributed by atoms with E-state index < -0.39 is 17.7 Å². The molecule has 1 unspecified atom stereocenters. The Kier molecular flexibility index (Phi) is 7.43. The van der Waals surface area contributed by atoms with Crippen molar-refractivity contribution in [3.63, 3.8) is 0 Å². The predicted molar refractivity (Wildman–Crippen MR) is 117 cm³/mol. The maximum Gasteiger partial charge on any atom is 0.420 e. The average molecular weight is 473 g/mol. The lowest BCUT2D eigenvalue weighted by Gasteiger charge is -2.27. The summed E-state index contributed by atoms with van der Waals surface area (Å²) in [7, 11) is 1.70. The lowest BCUT2D eigenvalue weighted by atomic mass is 9.96. The number of halogens is 4. The first-order chi connectivity index (χ1) is 15.0. The van der Waals surface area contributed by atoms with E-state index in [1.807, 2.05) is 13.8 Å². The monoisotopic (exact) mass is 472 g/mol. The molecule has 1 heterocycles. The molecule has 3 rings (SSSR count). The van der Waals surface area contributed by atoms with Crippen LogP contribution in [0.5, 0.6) is 0 Å². The molecule has 32 heavy (non-hydrogen) atoms. The van der Waals surface area contributed by atoms with Crippen molar-refractivity contribution in [2.75, 3.05) is 13.6 Å². The average Bonchev–Trinajstić information content (AvgIpc) is 3.53.